The summed E-state index contributed by atoms with van der Waals surface area (Å²) in [5.41, 5.74) is 0.805. The topological polar surface area (TPSA) is 62.6 Å². The van der Waals surface area contributed by atoms with E-state index in [9.17, 15) is 9.59 Å². The number of fused-ring (bicyclic) bond motifs is 1. The third-order valence-electron chi connectivity index (χ3n) is 3.43. The van der Waals surface area contributed by atoms with E-state index in [2.05, 4.69) is 5.32 Å². The summed E-state index contributed by atoms with van der Waals surface area (Å²) in [6.07, 6.45) is 0. The molecule has 5 nitrogen and oxygen atoms in total. The lowest BCUT2D eigenvalue weighted by Gasteiger charge is -2.16. The van der Waals surface area contributed by atoms with Crippen LogP contribution in [0.1, 0.15) is 18.7 Å². The predicted octanol–water partition coefficient (Wildman–Crippen LogP) is 2.78. The maximum absolute atomic E-state index is 12.0. The minimum absolute atomic E-state index is 0.0264. The van der Waals surface area contributed by atoms with Crippen LogP contribution < -0.4 is 5.32 Å². The molecule has 21 heavy (non-hydrogen) atoms. The zero-order valence-corrected chi connectivity index (χ0v) is 12.5. The highest BCUT2D eigenvalue weighted by Gasteiger charge is 2.24. The van der Waals surface area contributed by atoms with E-state index in [0.29, 0.717) is 12.3 Å². The van der Waals surface area contributed by atoms with Crippen molar-refractivity contribution in [2.45, 2.75) is 13.0 Å². The summed E-state index contributed by atoms with van der Waals surface area (Å²) in [7, 11) is 0. The number of nitrogens with zero attached hydrogens (tertiary/aromatic N) is 1. The van der Waals surface area contributed by atoms with Crippen molar-refractivity contribution >= 4 is 33.9 Å². The van der Waals surface area contributed by atoms with Gasteiger partial charge in [-0.05, 0) is 19.1 Å². The molecule has 0 aliphatic carbocycles. The minimum Gasteiger partial charge on any atom is -0.459 e. The zero-order chi connectivity index (χ0) is 14.8. The van der Waals surface area contributed by atoms with E-state index in [-0.39, 0.29) is 23.7 Å². The molecule has 1 fully saturated rings. The molecule has 0 bridgehead atoms. The van der Waals surface area contributed by atoms with Gasteiger partial charge in [0.2, 0.25) is 5.91 Å². The molecule has 0 radical (unpaired) electrons. The Bertz CT molecular complexity index is 649. The van der Waals surface area contributed by atoms with Crippen molar-refractivity contribution < 1.29 is 14.0 Å². The average molecular weight is 304 g/mol. The van der Waals surface area contributed by atoms with Crippen molar-refractivity contribution in [1.29, 1.82) is 0 Å². The van der Waals surface area contributed by atoms with Gasteiger partial charge in [0.05, 0.1) is 6.04 Å². The third kappa shape index (κ3) is 3.05. The van der Waals surface area contributed by atoms with Gasteiger partial charge in [-0.1, -0.05) is 30.0 Å². The first-order chi connectivity index (χ1) is 10.1. The van der Waals surface area contributed by atoms with Crippen LogP contribution in [0.15, 0.2) is 34.7 Å². The molecule has 1 aromatic carbocycles. The molecule has 0 saturated carbocycles. The summed E-state index contributed by atoms with van der Waals surface area (Å²) < 4.78 is 5.72. The predicted molar refractivity (Wildman–Crippen MR) is 82.2 cm³/mol. The Balaban J connectivity index is 1.63. The molecule has 2 heterocycles. The van der Waals surface area contributed by atoms with E-state index in [4.69, 9.17) is 4.42 Å². The molecular formula is C15H16N2O3S. The maximum Gasteiger partial charge on any atom is 0.282 e. The first-order valence-corrected chi connectivity index (χ1v) is 7.81. The second-order valence-corrected chi connectivity index (χ2v) is 6.06. The lowest BCUT2D eigenvalue weighted by atomic mass is 10.2. The minimum atomic E-state index is -0.227. The molecule has 1 aliphatic rings. The Labute approximate surface area is 126 Å². The zero-order valence-electron chi connectivity index (χ0n) is 11.7. The van der Waals surface area contributed by atoms with Gasteiger partial charge in [0, 0.05) is 17.7 Å². The Kier molecular flexibility index (Phi) is 3.88. The SMILES string of the molecule is CC(NC(=O)CN1CCSC1=O)c1cc2ccccc2o1. The van der Waals surface area contributed by atoms with Gasteiger partial charge in [-0.3, -0.25) is 9.59 Å². The molecule has 2 aromatic rings. The van der Waals surface area contributed by atoms with Crippen molar-refractivity contribution in [1.82, 2.24) is 10.2 Å². The van der Waals surface area contributed by atoms with Crippen LogP contribution in [-0.2, 0) is 4.79 Å². The van der Waals surface area contributed by atoms with E-state index in [0.717, 1.165) is 16.7 Å². The van der Waals surface area contributed by atoms with Crippen LogP contribution in [0.3, 0.4) is 0 Å². The standard InChI is InChI=1S/C15H16N2O3S/c1-10(13-8-11-4-2-3-5-12(11)20-13)16-14(18)9-17-6-7-21-15(17)19/h2-5,8,10H,6-7,9H2,1H3,(H,16,18). The lowest BCUT2D eigenvalue weighted by molar-refractivity contribution is -0.122. The van der Waals surface area contributed by atoms with Gasteiger partial charge in [-0.2, -0.15) is 0 Å². The third-order valence-corrected chi connectivity index (χ3v) is 4.32. The largest absolute Gasteiger partial charge is 0.459 e. The molecule has 1 aromatic heterocycles. The van der Waals surface area contributed by atoms with Crippen LogP contribution in [-0.4, -0.2) is 34.9 Å². The van der Waals surface area contributed by atoms with Crippen LogP contribution in [0.25, 0.3) is 11.0 Å². The fourth-order valence-corrected chi connectivity index (χ4v) is 3.14. The summed E-state index contributed by atoms with van der Waals surface area (Å²) in [5, 5.41) is 3.86. The Hall–Kier alpha value is -1.95. The van der Waals surface area contributed by atoms with Gasteiger partial charge < -0.3 is 14.6 Å². The molecule has 1 unspecified atom stereocenters. The highest BCUT2D eigenvalue weighted by molar-refractivity contribution is 8.13. The second-order valence-electron chi connectivity index (χ2n) is 5.01. The van der Waals surface area contributed by atoms with Crippen LogP contribution in [0.5, 0.6) is 0 Å². The monoisotopic (exact) mass is 304 g/mol. The van der Waals surface area contributed by atoms with Gasteiger partial charge >= 0.3 is 0 Å². The van der Waals surface area contributed by atoms with Gasteiger partial charge in [0.15, 0.2) is 0 Å². The number of hydrogen-bond donors (Lipinski definition) is 1. The van der Waals surface area contributed by atoms with Crippen LogP contribution in [0.4, 0.5) is 4.79 Å². The molecule has 0 spiro atoms. The molecule has 1 atom stereocenters. The highest BCUT2D eigenvalue weighted by Crippen LogP contribution is 2.23. The average Bonchev–Trinajstić information content (AvgIpc) is 3.05. The second kappa shape index (κ2) is 5.81. The van der Waals surface area contributed by atoms with Crippen molar-refractivity contribution in [2.75, 3.05) is 18.8 Å². The summed E-state index contributed by atoms with van der Waals surface area (Å²) in [6.45, 7) is 2.61. The highest BCUT2D eigenvalue weighted by atomic mass is 32.2. The Morgan fingerprint density at radius 1 is 1.48 bits per heavy atom. The molecule has 2 amide bonds. The summed E-state index contributed by atoms with van der Waals surface area (Å²) in [4.78, 5) is 25.0. The fraction of sp³-hybridized carbons (Fsp3) is 0.333. The number of benzene rings is 1. The lowest BCUT2D eigenvalue weighted by Crippen LogP contribution is -2.38. The first-order valence-electron chi connectivity index (χ1n) is 6.83. The Morgan fingerprint density at radius 3 is 3.00 bits per heavy atom. The number of amides is 2. The number of nitrogens with one attached hydrogen (secondary N) is 1. The van der Waals surface area contributed by atoms with Crippen LogP contribution in [0, 0.1) is 0 Å². The molecule has 6 heteroatoms. The normalized spacial score (nSPS) is 16.4. The van der Waals surface area contributed by atoms with Gasteiger partial charge in [-0.15, -0.1) is 0 Å². The molecule has 3 rings (SSSR count). The molecule has 110 valence electrons. The molecule has 1 saturated heterocycles. The Morgan fingerprint density at radius 2 is 2.29 bits per heavy atom. The van der Waals surface area contributed by atoms with Crippen molar-refractivity contribution in [2.24, 2.45) is 0 Å². The fourth-order valence-electron chi connectivity index (χ4n) is 2.32. The number of carbonyl (C=O) groups excluding carboxylic acids is 2. The van der Waals surface area contributed by atoms with Gasteiger partial charge in [0.25, 0.3) is 5.24 Å². The van der Waals surface area contributed by atoms with E-state index in [1.807, 2.05) is 37.3 Å². The quantitative estimate of drug-likeness (QED) is 0.943. The van der Waals surface area contributed by atoms with E-state index >= 15 is 0 Å². The number of furan rings is 1. The summed E-state index contributed by atoms with van der Waals surface area (Å²) >= 11 is 1.25. The van der Waals surface area contributed by atoms with E-state index in [1.54, 1.807) is 4.90 Å². The molecule has 1 N–H and O–H groups in total. The van der Waals surface area contributed by atoms with E-state index in [1.165, 1.54) is 11.8 Å². The smallest absolute Gasteiger partial charge is 0.282 e. The molecular weight excluding hydrogens is 288 g/mol. The number of thioether (sulfide) groups is 1. The first kappa shape index (κ1) is 14.0. The van der Waals surface area contributed by atoms with Gasteiger partial charge in [0.1, 0.15) is 17.9 Å². The maximum atomic E-state index is 12.0. The van der Waals surface area contributed by atoms with Crippen molar-refractivity contribution in [3.05, 3.63) is 36.1 Å². The number of para-hydroxylation sites is 1. The molecule has 1 aliphatic heterocycles. The van der Waals surface area contributed by atoms with Crippen LogP contribution in [0.2, 0.25) is 0 Å². The van der Waals surface area contributed by atoms with Crippen molar-refractivity contribution in [3.63, 3.8) is 0 Å². The summed E-state index contributed by atoms with van der Waals surface area (Å²) in [5.74, 6) is 1.30. The van der Waals surface area contributed by atoms with Crippen molar-refractivity contribution in [3.8, 4) is 0 Å². The van der Waals surface area contributed by atoms with Crippen LogP contribution >= 0.6 is 11.8 Å². The number of carbonyl (C=O) groups is 2. The summed E-state index contributed by atoms with van der Waals surface area (Å²) in [6, 6.07) is 9.42. The number of hydrogen-bond acceptors (Lipinski definition) is 4. The number of rotatable bonds is 4. The van der Waals surface area contributed by atoms with Gasteiger partial charge in [-0.25, -0.2) is 0 Å². The van der Waals surface area contributed by atoms with E-state index < -0.39 is 0 Å².